The minimum atomic E-state index is -0.0339. The van der Waals surface area contributed by atoms with Gasteiger partial charge in [0.05, 0.1) is 5.52 Å². The molecule has 1 aromatic heterocycles. The predicted molar refractivity (Wildman–Crippen MR) is 145 cm³/mol. The SMILES string of the molecule is CC1(C)CCC(C)(C)c2c1ccc1c2c2c3ccccc3c3ccccc3c2n1C(C)(C)C. The van der Waals surface area contributed by atoms with E-state index < -0.39 is 0 Å². The van der Waals surface area contributed by atoms with Gasteiger partial charge in [0, 0.05) is 27.2 Å². The summed E-state index contributed by atoms with van der Waals surface area (Å²) < 4.78 is 2.63. The van der Waals surface area contributed by atoms with Crippen molar-refractivity contribution in [3.05, 3.63) is 71.8 Å². The van der Waals surface area contributed by atoms with E-state index in [1.54, 1.807) is 5.56 Å². The lowest BCUT2D eigenvalue weighted by molar-refractivity contribution is 0.334. The number of fused-ring (bicyclic) bond motifs is 10. The van der Waals surface area contributed by atoms with Gasteiger partial charge in [-0.25, -0.2) is 0 Å². The third kappa shape index (κ3) is 2.72. The fourth-order valence-corrected chi connectivity index (χ4v) is 6.61. The minimum absolute atomic E-state index is 0.0339. The second-order valence-corrected chi connectivity index (χ2v) is 12.5. The van der Waals surface area contributed by atoms with Crippen LogP contribution in [0.2, 0.25) is 0 Å². The normalized spacial score (nSPS) is 17.8. The summed E-state index contributed by atoms with van der Waals surface area (Å²) in [5.74, 6) is 0. The third-order valence-corrected chi connectivity index (χ3v) is 8.26. The first kappa shape index (κ1) is 20.8. The van der Waals surface area contributed by atoms with Crippen LogP contribution in [0.4, 0.5) is 0 Å². The number of hydrogen-bond acceptors (Lipinski definition) is 0. The van der Waals surface area contributed by atoms with Crippen molar-refractivity contribution in [1.29, 1.82) is 0 Å². The molecule has 1 nitrogen and oxygen atoms in total. The molecule has 168 valence electrons. The van der Waals surface area contributed by atoms with Crippen LogP contribution in [-0.4, -0.2) is 4.57 Å². The van der Waals surface area contributed by atoms with E-state index in [-0.39, 0.29) is 16.4 Å². The molecule has 1 heteroatoms. The van der Waals surface area contributed by atoms with Crippen LogP contribution < -0.4 is 0 Å². The fraction of sp³-hybridized carbons (Fsp3) is 0.375. The van der Waals surface area contributed by atoms with E-state index in [1.165, 1.54) is 61.8 Å². The maximum atomic E-state index is 2.63. The van der Waals surface area contributed by atoms with Gasteiger partial charge in [-0.1, -0.05) is 82.3 Å². The van der Waals surface area contributed by atoms with Crippen molar-refractivity contribution in [3.63, 3.8) is 0 Å². The molecule has 0 N–H and O–H groups in total. The molecule has 0 radical (unpaired) electrons. The molecule has 1 aliphatic rings. The Morgan fingerprint density at radius 3 is 1.82 bits per heavy atom. The van der Waals surface area contributed by atoms with Gasteiger partial charge in [0.25, 0.3) is 0 Å². The predicted octanol–water partition coefficient (Wildman–Crippen LogP) is 9.20. The zero-order valence-electron chi connectivity index (χ0n) is 21.1. The summed E-state index contributed by atoms with van der Waals surface area (Å²) in [5, 5.41) is 8.38. The molecule has 1 aliphatic carbocycles. The van der Waals surface area contributed by atoms with Crippen LogP contribution in [0.5, 0.6) is 0 Å². The quantitative estimate of drug-likeness (QED) is 0.214. The molecule has 0 spiro atoms. The van der Waals surface area contributed by atoms with Crippen molar-refractivity contribution in [1.82, 2.24) is 4.57 Å². The Morgan fingerprint density at radius 2 is 1.18 bits per heavy atom. The van der Waals surface area contributed by atoms with Gasteiger partial charge < -0.3 is 4.57 Å². The second kappa shape index (κ2) is 6.41. The van der Waals surface area contributed by atoms with Gasteiger partial charge in [-0.15, -0.1) is 0 Å². The van der Waals surface area contributed by atoms with E-state index in [9.17, 15) is 0 Å². The summed E-state index contributed by atoms with van der Waals surface area (Å²) in [5.41, 5.74) is 6.19. The van der Waals surface area contributed by atoms with Gasteiger partial charge in [-0.2, -0.15) is 0 Å². The molecule has 5 aromatic rings. The van der Waals surface area contributed by atoms with Crippen LogP contribution in [0.25, 0.3) is 43.4 Å². The summed E-state index contributed by atoms with van der Waals surface area (Å²) in [7, 11) is 0. The Kier molecular flexibility index (Phi) is 4.04. The molecule has 0 fully saturated rings. The van der Waals surface area contributed by atoms with Gasteiger partial charge in [-0.3, -0.25) is 0 Å². The van der Waals surface area contributed by atoms with Crippen LogP contribution in [0.3, 0.4) is 0 Å². The maximum absolute atomic E-state index is 2.63. The number of hydrogen-bond donors (Lipinski definition) is 0. The molecule has 4 aromatic carbocycles. The lowest BCUT2D eigenvalue weighted by Crippen LogP contribution is -2.34. The second-order valence-electron chi connectivity index (χ2n) is 12.5. The van der Waals surface area contributed by atoms with Crippen LogP contribution in [-0.2, 0) is 16.4 Å². The van der Waals surface area contributed by atoms with Gasteiger partial charge in [0.2, 0.25) is 0 Å². The molecule has 0 aliphatic heterocycles. The van der Waals surface area contributed by atoms with Gasteiger partial charge in [0.1, 0.15) is 0 Å². The highest BCUT2D eigenvalue weighted by atomic mass is 15.0. The molecule has 0 saturated heterocycles. The largest absolute Gasteiger partial charge is 0.335 e. The summed E-state index contributed by atoms with van der Waals surface area (Å²) in [4.78, 5) is 0. The highest BCUT2D eigenvalue weighted by Crippen LogP contribution is 2.52. The fourth-order valence-electron chi connectivity index (χ4n) is 6.61. The number of nitrogens with zero attached hydrogens (tertiary/aromatic N) is 1. The maximum Gasteiger partial charge on any atom is 0.0582 e. The lowest BCUT2D eigenvalue weighted by atomic mass is 9.62. The molecular weight excluding hydrogens is 398 g/mol. The minimum Gasteiger partial charge on any atom is -0.335 e. The van der Waals surface area contributed by atoms with Crippen molar-refractivity contribution >= 4 is 43.4 Å². The first-order valence-corrected chi connectivity index (χ1v) is 12.4. The number of rotatable bonds is 0. The third-order valence-electron chi connectivity index (χ3n) is 8.26. The van der Waals surface area contributed by atoms with E-state index >= 15 is 0 Å². The number of aromatic nitrogens is 1. The molecule has 33 heavy (non-hydrogen) atoms. The Labute approximate surface area is 197 Å². The molecule has 6 rings (SSSR count). The van der Waals surface area contributed by atoms with Crippen molar-refractivity contribution in [2.45, 2.75) is 77.7 Å². The van der Waals surface area contributed by atoms with E-state index in [1.807, 2.05) is 0 Å². The average Bonchev–Trinajstić information content (AvgIpc) is 3.13. The van der Waals surface area contributed by atoms with E-state index in [0.717, 1.165) is 0 Å². The Hall–Kier alpha value is -2.80. The topological polar surface area (TPSA) is 4.93 Å². The van der Waals surface area contributed by atoms with Crippen molar-refractivity contribution in [2.75, 3.05) is 0 Å². The van der Waals surface area contributed by atoms with Crippen LogP contribution in [0.1, 0.15) is 72.4 Å². The van der Waals surface area contributed by atoms with Crippen molar-refractivity contribution in [2.24, 2.45) is 0 Å². The Bertz CT molecular complexity index is 1580. The molecule has 0 unspecified atom stereocenters. The summed E-state index contributed by atoms with van der Waals surface area (Å²) in [6.45, 7) is 16.8. The first-order chi connectivity index (χ1) is 15.5. The lowest BCUT2D eigenvalue weighted by Gasteiger charge is -2.42. The summed E-state index contributed by atoms with van der Waals surface area (Å²) >= 11 is 0. The molecule has 0 bridgehead atoms. The molecule has 0 amide bonds. The molecular formula is C32H35N. The van der Waals surface area contributed by atoms with E-state index in [0.29, 0.717) is 0 Å². The average molecular weight is 434 g/mol. The Morgan fingerprint density at radius 1 is 0.636 bits per heavy atom. The zero-order chi connectivity index (χ0) is 23.3. The molecule has 1 heterocycles. The van der Waals surface area contributed by atoms with Gasteiger partial charge in [0.15, 0.2) is 0 Å². The highest BCUT2D eigenvalue weighted by Gasteiger charge is 2.40. The van der Waals surface area contributed by atoms with Gasteiger partial charge in [-0.05, 0) is 77.8 Å². The van der Waals surface area contributed by atoms with E-state index in [4.69, 9.17) is 0 Å². The van der Waals surface area contributed by atoms with Crippen molar-refractivity contribution in [3.8, 4) is 0 Å². The van der Waals surface area contributed by atoms with Crippen LogP contribution in [0, 0.1) is 0 Å². The summed E-state index contributed by atoms with van der Waals surface area (Å²) in [6.07, 6.45) is 2.46. The monoisotopic (exact) mass is 433 g/mol. The highest BCUT2D eigenvalue weighted by molar-refractivity contribution is 6.32. The molecule has 0 atom stereocenters. The smallest absolute Gasteiger partial charge is 0.0582 e. The molecule has 0 saturated carbocycles. The standard InChI is InChI=1S/C32H35N/c1-30(2,3)33-25-17-16-24-28(32(6,7)19-18-31(24,4)5)27(25)26-22-14-10-8-12-20(22)21-13-9-11-15-23(21)29(26)33/h8-17H,18-19H2,1-7H3. The number of benzene rings is 4. The summed E-state index contributed by atoms with van der Waals surface area (Å²) in [6, 6.07) is 22.9. The van der Waals surface area contributed by atoms with Gasteiger partial charge >= 0.3 is 0 Å². The van der Waals surface area contributed by atoms with Crippen LogP contribution >= 0.6 is 0 Å². The van der Waals surface area contributed by atoms with Crippen LogP contribution in [0.15, 0.2) is 60.7 Å². The van der Waals surface area contributed by atoms with E-state index in [2.05, 4.69) is 114 Å². The zero-order valence-corrected chi connectivity index (χ0v) is 21.1. The van der Waals surface area contributed by atoms with Crippen molar-refractivity contribution < 1.29 is 0 Å². The Balaban J connectivity index is 2.03. The first-order valence-electron chi connectivity index (χ1n) is 12.4.